The third-order valence-electron chi connectivity index (χ3n) is 5.05. The quantitative estimate of drug-likeness (QED) is 0.561. The van der Waals surface area contributed by atoms with Gasteiger partial charge in [0.15, 0.2) is 5.78 Å². The number of aryl methyl sites for hydroxylation is 1. The van der Waals surface area contributed by atoms with E-state index in [1.54, 1.807) is 25.1 Å². The highest BCUT2D eigenvalue weighted by molar-refractivity contribution is 7.92. The van der Waals surface area contributed by atoms with Crippen LogP contribution in [0.15, 0.2) is 54.6 Å². The number of carbonyl (C=O) groups excluding carboxylic acids is 2. The van der Waals surface area contributed by atoms with Crippen LogP contribution in [0.2, 0.25) is 0 Å². The van der Waals surface area contributed by atoms with Crippen molar-refractivity contribution in [3.8, 4) is 0 Å². The van der Waals surface area contributed by atoms with Gasteiger partial charge in [-0.2, -0.15) is 0 Å². The summed E-state index contributed by atoms with van der Waals surface area (Å²) < 4.78 is 30.7. The molecule has 0 aromatic heterocycles. The van der Waals surface area contributed by atoms with E-state index in [-0.39, 0.29) is 18.3 Å². The highest BCUT2D eigenvalue weighted by atomic mass is 32.2. The van der Waals surface area contributed by atoms with Gasteiger partial charge in [-0.15, -0.1) is 0 Å². The van der Waals surface area contributed by atoms with Gasteiger partial charge in [-0.05, 0) is 55.2 Å². The summed E-state index contributed by atoms with van der Waals surface area (Å²) in [5, 5.41) is 0. The van der Waals surface area contributed by atoms with E-state index in [9.17, 15) is 18.0 Å². The van der Waals surface area contributed by atoms with Crippen LogP contribution in [0.5, 0.6) is 0 Å². The van der Waals surface area contributed by atoms with Crippen LogP contribution < -0.4 is 4.72 Å². The van der Waals surface area contributed by atoms with Crippen molar-refractivity contribution in [2.24, 2.45) is 5.92 Å². The molecular formula is C23H25NO5S. The zero-order valence-electron chi connectivity index (χ0n) is 17.2. The first-order chi connectivity index (χ1) is 14.2. The SMILES string of the molecule is CCOC(=O)[C@@H]1C(=O)C=C(c2cccc(NS(C)(=O)=O)c2)C[C@H]1c1ccc(C)cc1. The molecule has 1 aliphatic carbocycles. The van der Waals surface area contributed by atoms with Crippen LogP contribution in [0.25, 0.3) is 5.57 Å². The van der Waals surface area contributed by atoms with E-state index in [4.69, 9.17) is 4.74 Å². The molecule has 0 amide bonds. The van der Waals surface area contributed by atoms with Crippen LogP contribution in [0, 0.1) is 12.8 Å². The number of anilines is 1. The number of allylic oxidation sites excluding steroid dienone is 2. The van der Waals surface area contributed by atoms with E-state index in [0.29, 0.717) is 12.1 Å². The van der Waals surface area contributed by atoms with E-state index >= 15 is 0 Å². The lowest BCUT2D eigenvalue weighted by Gasteiger charge is -2.29. The molecule has 0 aliphatic heterocycles. The first-order valence-electron chi connectivity index (χ1n) is 9.74. The number of ketones is 1. The van der Waals surface area contributed by atoms with Crippen molar-refractivity contribution >= 4 is 33.0 Å². The van der Waals surface area contributed by atoms with Crippen LogP contribution in [-0.2, 0) is 24.3 Å². The molecule has 0 heterocycles. The monoisotopic (exact) mass is 427 g/mol. The predicted molar refractivity (Wildman–Crippen MR) is 117 cm³/mol. The van der Waals surface area contributed by atoms with Crippen molar-refractivity contribution in [1.82, 2.24) is 0 Å². The normalized spacial score (nSPS) is 19.2. The minimum Gasteiger partial charge on any atom is -0.465 e. The van der Waals surface area contributed by atoms with Gasteiger partial charge in [0.2, 0.25) is 10.0 Å². The molecule has 2 aromatic rings. The standard InChI is InChI=1S/C23H25NO5S/c1-4-29-23(26)22-20(16-10-8-15(2)9-11-16)13-18(14-21(22)25)17-6-5-7-19(12-17)24-30(3,27)28/h5-12,14,20,22,24H,4,13H2,1-3H3/t20-,22-/m0/s1. The molecule has 0 radical (unpaired) electrons. The van der Waals surface area contributed by atoms with Gasteiger partial charge in [-0.3, -0.25) is 14.3 Å². The molecular weight excluding hydrogens is 402 g/mol. The molecule has 1 aliphatic rings. The van der Waals surface area contributed by atoms with Crippen LogP contribution >= 0.6 is 0 Å². The van der Waals surface area contributed by atoms with Gasteiger partial charge in [-0.25, -0.2) is 8.42 Å². The number of rotatable bonds is 6. The van der Waals surface area contributed by atoms with Crippen LogP contribution in [0.1, 0.15) is 36.0 Å². The van der Waals surface area contributed by atoms with Gasteiger partial charge in [0.05, 0.1) is 12.9 Å². The molecule has 0 unspecified atom stereocenters. The molecule has 0 bridgehead atoms. The van der Waals surface area contributed by atoms with Gasteiger partial charge in [-0.1, -0.05) is 42.0 Å². The van der Waals surface area contributed by atoms with Crippen molar-refractivity contribution in [1.29, 1.82) is 0 Å². The van der Waals surface area contributed by atoms with E-state index in [0.717, 1.165) is 28.5 Å². The number of nitrogens with one attached hydrogen (secondary N) is 1. The lowest BCUT2D eigenvalue weighted by atomic mass is 9.73. The molecule has 30 heavy (non-hydrogen) atoms. The first-order valence-corrected chi connectivity index (χ1v) is 11.6. The maximum absolute atomic E-state index is 13.0. The molecule has 3 rings (SSSR count). The molecule has 0 spiro atoms. The fourth-order valence-electron chi connectivity index (χ4n) is 3.71. The van der Waals surface area contributed by atoms with E-state index < -0.39 is 21.9 Å². The highest BCUT2D eigenvalue weighted by Gasteiger charge is 2.39. The fraction of sp³-hybridized carbons (Fsp3) is 0.304. The average Bonchev–Trinajstić information content (AvgIpc) is 2.67. The molecule has 6 nitrogen and oxygen atoms in total. The summed E-state index contributed by atoms with van der Waals surface area (Å²) in [6.07, 6.45) is 3.02. The molecule has 2 atom stereocenters. The Morgan fingerprint density at radius 2 is 1.87 bits per heavy atom. The minimum absolute atomic E-state index is 0.207. The van der Waals surface area contributed by atoms with Crippen molar-refractivity contribution in [2.45, 2.75) is 26.2 Å². The first kappa shape index (κ1) is 21.8. The summed E-state index contributed by atoms with van der Waals surface area (Å²) in [6.45, 7) is 3.90. The molecule has 0 saturated heterocycles. The van der Waals surface area contributed by atoms with Gasteiger partial charge in [0.1, 0.15) is 5.92 Å². The summed E-state index contributed by atoms with van der Waals surface area (Å²) >= 11 is 0. The molecule has 2 aromatic carbocycles. The number of benzene rings is 2. The second-order valence-electron chi connectivity index (χ2n) is 7.48. The Labute approximate surface area is 177 Å². The third kappa shape index (κ3) is 5.16. The molecule has 7 heteroatoms. The Morgan fingerprint density at radius 1 is 1.17 bits per heavy atom. The number of hydrogen-bond acceptors (Lipinski definition) is 5. The predicted octanol–water partition coefficient (Wildman–Crippen LogP) is 3.69. The molecule has 158 valence electrons. The largest absolute Gasteiger partial charge is 0.465 e. The summed E-state index contributed by atoms with van der Waals surface area (Å²) in [7, 11) is -3.42. The second kappa shape index (κ2) is 8.83. The summed E-state index contributed by atoms with van der Waals surface area (Å²) in [6, 6.07) is 14.7. The van der Waals surface area contributed by atoms with E-state index in [1.807, 2.05) is 37.3 Å². The van der Waals surface area contributed by atoms with Crippen LogP contribution in [0.3, 0.4) is 0 Å². The van der Waals surface area contributed by atoms with Crippen LogP contribution in [-0.4, -0.2) is 33.0 Å². The fourth-order valence-corrected chi connectivity index (χ4v) is 4.26. The van der Waals surface area contributed by atoms with Crippen molar-refractivity contribution in [3.05, 3.63) is 71.3 Å². The van der Waals surface area contributed by atoms with Crippen molar-refractivity contribution in [3.63, 3.8) is 0 Å². The lowest BCUT2D eigenvalue weighted by Crippen LogP contribution is -2.34. The maximum Gasteiger partial charge on any atom is 0.317 e. The zero-order valence-corrected chi connectivity index (χ0v) is 18.0. The third-order valence-corrected chi connectivity index (χ3v) is 5.65. The maximum atomic E-state index is 13.0. The zero-order chi connectivity index (χ0) is 21.9. The van der Waals surface area contributed by atoms with Gasteiger partial charge < -0.3 is 4.74 Å². The topological polar surface area (TPSA) is 89.5 Å². The number of ether oxygens (including phenoxy) is 1. The second-order valence-corrected chi connectivity index (χ2v) is 9.23. The smallest absolute Gasteiger partial charge is 0.317 e. The van der Waals surface area contributed by atoms with Crippen molar-refractivity contribution in [2.75, 3.05) is 17.6 Å². The number of hydrogen-bond donors (Lipinski definition) is 1. The summed E-state index contributed by atoms with van der Waals surface area (Å²) in [5.41, 5.74) is 3.88. The number of carbonyl (C=O) groups is 2. The average molecular weight is 428 g/mol. The Balaban J connectivity index is 2.00. The molecule has 1 N–H and O–H groups in total. The van der Waals surface area contributed by atoms with Gasteiger partial charge >= 0.3 is 5.97 Å². The van der Waals surface area contributed by atoms with Crippen molar-refractivity contribution < 1.29 is 22.7 Å². The molecule has 0 fully saturated rings. The Bertz CT molecular complexity index is 1090. The Morgan fingerprint density at radius 3 is 2.50 bits per heavy atom. The molecule has 0 saturated carbocycles. The van der Waals surface area contributed by atoms with E-state index in [2.05, 4.69) is 4.72 Å². The number of esters is 1. The van der Waals surface area contributed by atoms with Gasteiger partial charge in [0.25, 0.3) is 0 Å². The van der Waals surface area contributed by atoms with E-state index in [1.165, 1.54) is 6.08 Å². The summed E-state index contributed by atoms with van der Waals surface area (Å²) in [5.74, 6) is -2.07. The lowest BCUT2D eigenvalue weighted by molar-refractivity contribution is -0.151. The Hall–Kier alpha value is -2.93. The minimum atomic E-state index is -3.42. The Kier molecular flexibility index (Phi) is 6.41. The van der Waals surface area contributed by atoms with Crippen LogP contribution in [0.4, 0.5) is 5.69 Å². The summed E-state index contributed by atoms with van der Waals surface area (Å²) in [4.78, 5) is 25.5. The number of sulfonamides is 1. The highest BCUT2D eigenvalue weighted by Crippen LogP contribution is 2.40. The van der Waals surface area contributed by atoms with Gasteiger partial charge in [0, 0.05) is 11.6 Å².